The minimum Gasteiger partial charge on any atom is -0.273 e. The molecule has 0 aliphatic rings. The second-order valence-electron chi connectivity index (χ2n) is 5.00. The fourth-order valence-corrected chi connectivity index (χ4v) is 1.92. The molecule has 0 heterocycles. The summed E-state index contributed by atoms with van der Waals surface area (Å²) in [6.45, 7) is 2.14. The summed E-state index contributed by atoms with van der Waals surface area (Å²) in [5.74, 6) is 0. The van der Waals surface area contributed by atoms with Crippen LogP contribution < -0.4 is 0 Å². The van der Waals surface area contributed by atoms with E-state index < -0.39 is 21.9 Å². The molecule has 0 saturated heterocycles. The van der Waals surface area contributed by atoms with Gasteiger partial charge in [-0.1, -0.05) is 44.8 Å². The van der Waals surface area contributed by atoms with E-state index >= 15 is 0 Å². The summed E-state index contributed by atoms with van der Waals surface area (Å²) in [4.78, 5) is 29.6. The minimum atomic E-state index is -2.79. The van der Waals surface area contributed by atoms with Crippen molar-refractivity contribution in [3.8, 4) is 0 Å². The highest BCUT2D eigenvalue weighted by molar-refractivity contribution is 5.59. The monoisotopic (exact) mass is 299 g/mol. The molecule has 1 radical (unpaired) electrons. The van der Waals surface area contributed by atoms with Crippen molar-refractivity contribution in [2.45, 2.75) is 70.4 Å². The number of nitro groups is 2. The average molecular weight is 299 g/mol. The molecule has 119 valence electrons. The van der Waals surface area contributed by atoms with Gasteiger partial charge < -0.3 is 0 Å². The highest BCUT2D eigenvalue weighted by Crippen LogP contribution is 2.18. The van der Waals surface area contributed by atoms with Gasteiger partial charge in [0.1, 0.15) is 9.85 Å². The molecular formula is C14H23N2O5. The van der Waals surface area contributed by atoms with Crippen molar-refractivity contribution < 1.29 is 14.6 Å². The Kier molecular flexibility index (Phi) is 10.0. The topological polar surface area (TPSA) is 103 Å². The van der Waals surface area contributed by atoms with Gasteiger partial charge in [0.05, 0.1) is 6.42 Å². The molecule has 0 N–H and O–H groups in total. The normalized spacial score (nSPS) is 11.7. The SMILES string of the molecule is CCCC/C=C\CCCCCCC([C]=O)([N+](=O)[O-])[N+](=O)[O-]. The van der Waals surface area contributed by atoms with Crippen molar-refractivity contribution in [3.63, 3.8) is 0 Å². The lowest BCUT2D eigenvalue weighted by atomic mass is 10.0. The van der Waals surface area contributed by atoms with Crippen LogP contribution in [0.5, 0.6) is 0 Å². The Morgan fingerprint density at radius 2 is 1.48 bits per heavy atom. The van der Waals surface area contributed by atoms with E-state index in [1.165, 1.54) is 12.8 Å². The second kappa shape index (κ2) is 10.9. The largest absolute Gasteiger partial charge is 0.523 e. The zero-order valence-corrected chi connectivity index (χ0v) is 12.5. The summed E-state index contributed by atoms with van der Waals surface area (Å²) in [6.07, 6.45) is 11.9. The molecular weight excluding hydrogens is 276 g/mol. The van der Waals surface area contributed by atoms with Gasteiger partial charge in [-0.15, -0.1) is 0 Å². The summed E-state index contributed by atoms with van der Waals surface area (Å²) >= 11 is 0. The highest BCUT2D eigenvalue weighted by atomic mass is 16.7. The Bertz CT molecular complexity index is 354. The number of carbonyl (C=O) groups excluding carboxylic acids is 1. The Morgan fingerprint density at radius 3 is 1.95 bits per heavy atom. The molecule has 0 saturated carbocycles. The second-order valence-corrected chi connectivity index (χ2v) is 5.00. The number of unbranched alkanes of at least 4 members (excludes halogenated alkanes) is 6. The maximum atomic E-state index is 10.7. The molecule has 0 atom stereocenters. The van der Waals surface area contributed by atoms with Crippen LogP contribution in [0.25, 0.3) is 0 Å². The predicted octanol–water partition coefficient (Wildman–Crippen LogP) is 3.43. The number of hydrogen-bond donors (Lipinski definition) is 0. The van der Waals surface area contributed by atoms with Crippen LogP contribution in [0.3, 0.4) is 0 Å². The zero-order valence-electron chi connectivity index (χ0n) is 12.5. The van der Waals surface area contributed by atoms with Gasteiger partial charge in [-0.2, -0.15) is 0 Å². The van der Waals surface area contributed by atoms with Crippen molar-refractivity contribution in [3.05, 3.63) is 32.4 Å². The Labute approximate surface area is 124 Å². The van der Waals surface area contributed by atoms with Crippen LogP contribution in [0.15, 0.2) is 12.2 Å². The lowest BCUT2D eigenvalue weighted by Crippen LogP contribution is -2.47. The molecule has 0 aliphatic heterocycles. The molecule has 0 unspecified atom stereocenters. The van der Waals surface area contributed by atoms with Gasteiger partial charge in [0.2, 0.25) is 0 Å². The summed E-state index contributed by atoms with van der Waals surface area (Å²) in [5.41, 5.74) is -2.79. The van der Waals surface area contributed by atoms with E-state index in [1.54, 1.807) is 0 Å². The highest BCUT2D eigenvalue weighted by Gasteiger charge is 2.57. The molecule has 0 aromatic carbocycles. The summed E-state index contributed by atoms with van der Waals surface area (Å²) < 4.78 is 0. The average Bonchev–Trinajstić information content (AvgIpc) is 2.44. The van der Waals surface area contributed by atoms with E-state index in [0.717, 1.165) is 32.0 Å². The third-order valence-corrected chi connectivity index (χ3v) is 3.30. The van der Waals surface area contributed by atoms with Crippen LogP contribution in [0.1, 0.15) is 64.7 Å². The van der Waals surface area contributed by atoms with Crippen molar-refractivity contribution in [1.29, 1.82) is 0 Å². The summed E-state index contributed by atoms with van der Waals surface area (Å²) in [6, 6.07) is 0. The zero-order chi connectivity index (χ0) is 16.1. The van der Waals surface area contributed by atoms with Gasteiger partial charge >= 0.3 is 11.9 Å². The number of nitrogens with zero attached hydrogens (tertiary/aromatic N) is 2. The van der Waals surface area contributed by atoms with E-state index in [-0.39, 0.29) is 6.42 Å². The van der Waals surface area contributed by atoms with Crippen LogP contribution in [0, 0.1) is 20.2 Å². The molecule has 21 heavy (non-hydrogen) atoms. The number of rotatable bonds is 13. The summed E-state index contributed by atoms with van der Waals surface area (Å²) in [7, 11) is 0. The summed E-state index contributed by atoms with van der Waals surface area (Å²) in [5, 5.41) is 21.4. The van der Waals surface area contributed by atoms with Gasteiger partial charge in [0.15, 0.2) is 0 Å². The molecule has 0 spiro atoms. The van der Waals surface area contributed by atoms with Gasteiger partial charge in [-0.25, -0.2) is 0 Å². The van der Waals surface area contributed by atoms with Crippen LogP contribution in [-0.4, -0.2) is 21.8 Å². The molecule has 0 fully saturated rings. The van der Waals surface area contributed by atoms with Crippen LogP contribution >= 0.6 is 0 Å². The third kappa shape index (κ3) is 6.97. The number of allylic oxidation sites excluding steroid dienone is 2. The first-order chi connectivity index (χ1) is 10.0. The van der Waals surface area contributed by atoms with Crippen molar-refractivity contribution >= 4 is 6.29 Å². The van der Waals surface area contributed by atoms with Crippen LogP contribution in [0.2, 0.25) is 0 Å². The molecule has 7 heteroatoms. The van der Waals surface area contributed by atoms with Gasteiger partial charge in [-0.3, -0.25) is 25.0 Å². The third-order valence-electron chi connectivity index (χ3n) is 3.30. The first-order valence-electron chi connectivity index (χ1n) is 7.34. The molecule has 0 amide bonds. The van der Waals surface area contributed by atoms with Crippen molar-refractivity contribution in [2.75, 3.05) is 0 Å². The van der Waals surface area contributed by atoms with Crippen LogP contribution in [0.4, 0.5) is 0 Å². The van der Waals surface area contributed by atoms with Crippen LogP contribution in [-0.2, 0) is 4.79 Å². The van der Waals surface area contributed by atoms with Crippen molar-refractivity contribution in [2.24, 2.45) is 0 Å². The maximum Gasteiger partial charge on any atom is 0.523 e. The Balaban J connectivity index is 3.88. The molecule has 0 aliphatic carbocycles. The lowest BCUT2D eigenvalue weighted by Gasteiger charge is -2.09. The molecule has 0 aromatic heterocycles. The fraction of sp³-hybridized carbons (Fsp3) is 0.786. The van der Waals surface area contributed by atoms with E-state index in [9.17, 15) is 25.0 Å². The molecule has 0 bridgehead atoms. The van der Waals surface area contributed by atoms with E-state index in [0.29, 0.717) is 6.42 Å². The van der Waals surface area contributed by atoms with Crippen molar-refractivity contribution in [1.82, 2.24) is 0 Å². The first-order valence-corrected chi connectivity index (χ1v) is 7.34. The first kappa shape index (κ1) is 19.2. The minimum absolute atomic E-state index is 0.275. The van der Waals surface area contributed by atoms with E-state index in [1.807, 2.05) is 0 Å². The predicted molar refractivity (Wildman–Crippen MR) is 78.8 cm³/mol. The Morgan fingerprint density at radius 1 is 0.952 bits per heavy atom. The standard InChI is InChI=1S/C14H23N2O5/c1-2-3-4-5-6-7-8-9-10-11-12-14(13-17,15(18)19)16(20)21/h5-6H,2-4,7-12H2,1H3/b6-5-. The lowest BCUT2D eigenvalue weighted by molar-refractivity contribution is -0.772. The van der Waals surface area contributed by atoms with Gasteiger partial charge in [0.25, 0.3) is 0 Å². The quantitative estimate of drug-likeness (QED) is 0.170. The van der Waals surface area contributed by atoms with E-state index in [4.69, 9.17) is 0 Å². The Hall–Kier alpha value is -1.79. The molecule has 0 rings (SSSR count). The van der Waals surface area contributed by atoms with E-state index in [2.05, 4.69) is 19.1 Å². The smallest absolute Gasteiger partial charge is 0.273 e. The molecule has 0 aromatic rings. The maximum absolute atomic E-state index is 10.7. The van der Waals surface area contributed by atoms with Gasteiger partial charge in [-0.05, 0) is 25.7 Å². The molecule has 7 nitrogen and oxygen atoms in total. The number of hydrogen-bond acceptors (Lipinski definition) is 5. The fourth-order valence-electron chi connectivity index (χ4n) is 1.92. The van der Waals surface area contributed by atoms with Gasteiger partial charge in [0, 0.05) is 0 Å².